The molecule has 0 amide bonds. The van der Waals surface area contributed by atoms with E-state index >= 15 is 0 Å². The average Bonchev–Trinajstić information content (AvgIpc) is 1.72. The maximum atomic E-state index is 2.89. The van der Waals surface area contributed by atoms with Gasteiger partial charge in [-0.05, 0) is 0 Å². The van der Waals surface area contributed by atoms with Gasteiger partial charge in [-0.1, -0.05) is 6.07 Å². The molecular formula is C5H6FeN+3. The predicted octanol–water partition coefficient (Wildman–Crippen LogP) is 0.498. The third kappa shape index (κ3) is 2.38. The first kappa shape index (κ1) is 6.67. The predicted molar refractivity (Wildman–Crippen MR) is 23.0 cm³/mol. The van der Waals surface area contributed by atoms with Crippen molar-refractivity contribution in [2.75, 3.05) is 0 Å². The summed E-state index contributed by atoms with van der Waals surface area (Å²) in [5, 5.41) is 0. The molecule has 1 aromatic heterocycles. The van der Waals surface area contributed by atoms with E-state index in [9.17, 15) is 0 Å². The first-order valence-electron chi connectivity index (χ1n) is 1.91. The molecule has 1 aromatic rings. The third-order valence-electron chi connectivity index (χ3n) is 0.607. The van der Waals surface area contributed by atoms with Crippen LogP contribution in [-0.2, 0) is 17.1 Å². The number of nitrogens with one attached hydrogen (secondary N) is 1. The van der Waals surface area contributed by atoms with Crippen LogP contribution >= 0.6 is 0 Å². The quantitative estimate of drug-likeness (QED) is 0.461. The molecular weight excluding hydrogens is 130 g/mol. The summed E-state index contributed by atoms with van der Waals surface area (Å²) in [5.74, 6) is 0. The first-order valence-corrected chi connectivity index (χ1v) is 1.91. The van der Waals surface area contributed by atoms with Crippen LogP contribution in [0.1, 0.15) is 0 Å². The average molecular weight is 136 g/mol. The minimum Gasteiger partial charge on any atom is -0.218 e. The van der Waals surface area contributed by atoms with Crippen molar-refractivity contribution in [2.45, 2.75) is 0 Å². The zero-order chi connectivity index (χ0) is 4.24. The van der Waals surface area contributed by atoms with E-state index in [4.69, 9.17) is 0 Å². The molecule has 1 rings (SSSR count). The molecule has 0 bridgehead atoms. The van der Waals surface area contributed by atoms with Crippen LogP contribution in [0.3, 0.4) is 0 Å². The van der Waals surface area contributed by atoms with E-state index in [2.05, 4.69) is 4.98 Å². The Morgan fingerprint density at radius 3 is 1.57 bits per heavy atom. The number of rotatable bonds is 0. The molecule has 0 aliphatic carbocycles. The number of hydrogen-bond acceptors (Lipinski definition) is 0. The number of aromatic nitrogens is 1. The maximum absolute atomic E-state index is 2.89. The van der Waals surface area contributed by atoms with Crippen molar-refractivity contribution in [2.24, 2.45) is 0 Å². The Balaban J connectivity index is 0.000000360. The van der Waals surface area contributed by atoms with Crippen molar-refractivity contribution in [1.29, 1.82) is 0 Å². The molecule has 0 aliphatic rings. The molecule has 36 valence electrons. The fourth-order valence-electron chi connectivity index (χ4n) is 0.342. The number of aromatic amines is 1. The number of H-pyrrole nitrogens is 1. The fraction of sp³-hybridized carbons (Fsp3) is 0. The zero-order valence-corrected chi connectivity index (χ0v) is 4.84. The third-order valence-corrected chi connectivity index (χ3v) is 0.607. The molecule has 0 saturated carbocycles. The Bertz CT molecular complexity index is 80.0. The van der Waals surface area contributed by atoms with Crippen LogP contribution < -0.4 is 4.98 Å². The van der Waals surface area contributed by atoms with Gasteiger partial charge in [-0.25, -0.2) is 4.98 Å². The molecule has 0 unspecified atom stereocenters. The van der Waals surface area contributed by atoms with Crippen LogP contribution in [0.5, 0.6) is 0 Å². The van der Waals surface area contributed by atoms with Gasteiger partial charge in [0.15, 0.2) is 12.4 Å². The van der Waals surface area contributed by atoms with Gasteiger partial charge in [-0.3, -0.25) is 0 Å². The second-order valence-electron chi connectivity index (χ2n) is 1.08. The summed E-state index contributed by atoms with van der Waals surface area (Å²) in [4.78, 5) is 2.89. The van der Waals surface area contributed by atoms with Gasteiger partial charge in [0.05, 0.1) is 0 Å². The second-order valence-corrected chi connectivity index (χ2v) is 1.08. The van der Waals surface area contributed by atoms with Crippen LogP contribution in [0, 0.1) is 0 Å². The first-order chi connectivity index (χ1) is 3.00. The molecule has 7 heavy (non-hydrogen) atoms. The van der Waals surface area contributed by atoms with Gasteiger partial charge >= 0.3 is 17.1 Å². The van der Waals surface area contributed by atoms with E-state index in [0.717, 1.165) is 0 Å². The van der Waals surface area contributed by atoms with Crippen LogP contribution in [0.2, 0.25) is 0 Å². The van der Waals surface area contributed by atoms with Crippen LogP contribution in [0.15, 0.2) is 30.6 Å². The SMILES string of the molecule is [Fe+2].c1cc[nH+]cc1. The maximum Gasteiger partial charge on any atom is 2.00 e. The van der Waals surface area contributed by atoms with Gasteiger partial charge in [-0.2, -0.15) is 0 Å². The molecule has 0 aromatic carbocycles. The van der Waals surface area contributed by atoms with Crippen molar-refractivity contribution in [3.8, 4) is 0 Å². The molecule has 0 aliphatic heterocycles. The van der Waals surface area contributed by atoms with Crippen molar-refractivity contribution in [3.63, 3.8) is 0 Å². The van der Waals surface area contributed by atoms with E-state index in [1.165, 1.54) is 0 Å². The molecule has 0 fully saturated rings. The smallest absolute Gasteiger partial charge is 0.218 e. The Labute approximate surface area is 53.2 Å². The van der Waals surface area contributed by atoms with Crippen LogP contribution in [-0.4, -0.2) is 0 Å². The van der Waals surface area contributed by atoms with Gasteiger partial charge in [0.25, 0.3) is 0 Å². The summed E-state index contributed by atoms with van der Waals surface area (Å²) >= 11 is 0. The Morgan fingerprint density at radius 2 is 1.43 bits per heavy atom. The summed E-state index contributed by atoms with van der Waals surface area (Å²) in [7, 11) is 0. The number of hydrogen-bond donors (Lipinski definition) is 0. The van der Waals surface area contributed by atoms with Crippen molar-refractivity contribution >= 4 is 0 Å². The Hall–Kier alpha value is -0.331. The van der Waals surface area contributed by atoms with Gasteiger partial charge in [-0.15, -0.1) is 0 Å². The molecule has 1 N–H and O–H groups in total. The zero-order valence-electron chi connectivity index (χ0n) is 3.74. The molecule has 1 nitrogen and oxygen atoms in total. The van der Waals surface area contributed by atoms with Crippen molar-refractivity contribution in [3.05, 3.63) is 30.6 Å². The van der Waals surface area contributed by atoms with Crippen LogP contribution in [0.25, 0.3) is 0 Å². The molecule has 0 atom stereocenters. The minimum absolute atomic E-state index is 0. The normalized spacial score (nSPS) is 6.86. The van der Waals surface area contributed by atoms with Gasteiger partial charge in [0, 0.05) is 12.1 Å². The monoisotopic (exact) mass is 136 g/mol. The molecule has 0 saturated heterocycles. The van der Waals surface area contributed by atoms with Gasteiger partial charge in [0.2, 0.25) is 0 Å². The van der Waals surface area contributed by atoms with Crippen molar-refractivity contribution < 1.29 is 22.1 Å². The van der Waals surface area contributed by atoms with Crippen molar-refractivity contribution in [1.82, 2.24) is 0 Å². The topological polar surface area (TPSA) is 14.1 Å². The minimum atomic E-state index is 0. The second kappa shape index (κ2) is 3.85. The van der Waals surface area contributed by atoms with Crippen LogP contribution in [0.4, 0.5) is 0 Å². The Morgan fingerprint density at radius 1 is 0.857 bits per heavy atom. The van der Waals surface area contributed by atoms with E-state index in [0.29, 0.717) is 0 Å². The summed E-state index contributed by atoms with van der Waals surface area (Å²) in [5.41, 5.74) is 0. The summed E-state index contributed by atoms with van der Waals surface area (Å²) in [6.07, 6.45) is 3.75. The van der Waals surface area contributed by atoms with E-state index < -0.39 is 0 Å². The fourth-order valence-corrected chi connectivity index (χ4v) is 0.342. The van der Waals surface area contributed by atoms with Gasteiger partial charge < -0.3 is 0 Å². The van der Waals surface area contributed by atoms with E-state index in [1.54, 1.807) is 0 Å². The van der Waals surface area contributed by atoms with E-state index in [1.807, 2.05) is 30.6 Å². The molecule has 0 spiro atoms. The van der Waals surface area contributed by atoms with E-state index in [-0.39, 0.29) is 17.1 Å². The Kier molecular flexibility index (Phi) is 3.66. The summed E-state index contributed by atoms with van der Waals surface area (Å²) in [6.45, 7) is 0. The largest absolute Gasteiger partial charge is 2.00 e. The standard InChI is InChI=1S/C5H5N.Fe/c1-2-4-6-5-3-1;/h1-5H;/q;+2/p+1. The molecule has 2 heteroatoms. The summed E-state index contributed by atoms with van der Waals surface area (Å²) < 4.78 is 0. The van der Waals surface area contributed by atoms with Gasteiger partial charge in [0.1, 0.15) is 0 Å². The number of pyridine rings is 1. The molecule has 0 radical (unpaired) electrons. The summed E-state index contributed by atoms with van der Waals surface area (Å²) in [6, 6.07) is 5.86. The molecule has 1 heterocycles.